The molecule has 106 valence electrons. The Hall–Kier alpha value is -1.52. The number of esters is 1. The Labute approximate surface area is 114 Å². The first-order valence-electron chi connectivity index (χ1n) is 6.86. The third-order valence-corrected chi connectivity index (χ3v) is 3.08. The average Bonchev–Trinajstić information content (AvgIpc) is 2.67. The number of hydrogen-bond donors (Lipinski definition) is 1. The monoisotopic (exact) mass is 265 g/mol. The fourth-order valence-electron chi connectivity index (χ4n) is 2.30. The van der Waals surface area contributed by atoms with Crippen molar-refractivity contribution in [1.82, 2.24) is 9.78 Å². The van der Waals surface area contributed by atoms with E-state index in [0.29, 0.717) is 19.7 Å². The fourth-order valence-corrected chi connectivity index (χ4v) is 2.30. The lowest BCUT2D eigenvalue weighted by atomic mass is 9.91. The zero-order valence-electron chi connectivity index (χ0n) is 12.2. The number of nitrogens with one attached hydrogen (secondary N) is 1. The third kappa shape index (κ3) is 3.49. The van der Waals surface area contributed by atoms with Crippen molar-refractivity contribution in [2.45, 2.75) is 40.7 Å². The van der Waals surface area contributed by atoms with Crippen LogP contribution < -0.4 is 5.32 Å². The molecule has 2 rings (SSSR count). The van der Waals surface area contributed by atoms with E-state index >= 15 is 0 Å². The van der Waals surface area contributed by atoms with E-state index in [-0.39, 0.29) is 17.3 Å². The molecular weight excluding hydrogens is 242 g/mol. The van der Waals surface area contributed by atoms with Gasteiger partial charge in [0.1, 0.15) is 5.82 Å². The van der Waals surface area contributed by atoms with Crippen molar-refractivity contribution in [3.8, 4) is 0 Å². The van der Waals surface area contributed by atoms with Gasteiger partial charge in [-0.15, -0.1) is 0 Å². The van der Waals surface area contributed by atoms with Gasteiger partial charge in [0.25, 0.3) is 0 Å². The highest BCUT2D eigenvalue weighted by Gasteiger charge is 2.27. The fraction of sp³-hybridized carbons (Fsp3) is 0.714. The van der Waals surface area contributed by atoms with Crippen molar-refractivity contribution < 1.29 is 9.53 Å². The van der Waals surface area contributed by atoms with Gasteiger partial charge >= 0.3 is 5.97 Å². The highest BCUT2D eigenvalue weighted by Crippen LogP contribution is 2.24. The minimum atomic E-state index is -0.145. The zero-order chi connectivity index (χ0) is 14.0. The van der Waals surface area contributed by atoms with Crippen LogP contribution in [0.15, 0.2) is 6.07 Å². The lowest BCUT2D eigenvalue weighted by molar-refractivity contribution is -0.148. The summed E-state index contributed by atoms with van der Waals surface area (Å²) in [5.74, 6) is 0.711. The molecule has 0 radical (unpaired) electrons. The van der Waals surface area contributed by atoms with Gasteiger partial charge < -0.3 is 10.1 Å². The van der Waals surface area contributed by atoms with Crippen molar-refractivity contribution in [3.05, 3.63) is 11.8 Å². The molecule has 0 amide bonds. The summed E-state index contributed by atoms with van der Waals surface area (Å²) in [6, 6.07) is 2.08. The molecular formula is C14H23N3O2. The van der Waals surface area contributed by atoms with Crippen LogP contribution in [0.1, 0.15) is 33.4 Å². The molecule has 0 aliphatic carbocycles. The summed E-state index contributed by atoms with van der Waals surface area (Å²) in [4.78, 5) is 11.7. The van der Waals surface area contributed by atoms with E-state index in [1.54, 1.807) is 0 Å². The lowest BCUT2D eigenvalue weighted by Crippen LogP contribution is -2.34. The van der Waals surface area contributed by atoms with Gasteiger partial charge in [-0.2, -0.15) is 5.10 Å². The molecule has 19 heavy (non-hydrogen) atoms. The number of carbonyl (C=O) groups excluding carboxylic acids is 1. The Morgan fingerprint density at radius 3 is 2.95 bits per heavy atom. The average molecular weight is 265 g/mol. The Morgan fingerprint density at radius 2 is 2.32 bits per heavy atom. The minimum absolute atomic E-state index is 0.144. The normalized spacial score (nSPS) is 18.6. The first kappa shape index (κ1) is 13.9. The van der Waals surface area contributed by atoms with Crippen molar-refractivity contribution in [1.29, 1.82) is 0 Å². The van der Waals surface area contributed by atoms with Gasteiger partial charge in [0.2, 0.25) is 0 Å². The second kappa shape index (κ2) is 5.23. The van der Waals surface area contributed by atoms with E-state index < -0.39 is 0 Å². The largest absolute Gasteiger partial charge is 0.466 e. The Kier molecular flexibility index (Phi) is 3.83. The summed E-state index contributed by atoms with van der Waals surface area (Å²) in [6.45, 7) is 10.1. The molecule has 1 aliphatic rings. The summed E-state index contributed by atoms with van der Waals surface area (Å²) in [6.07, 6.45) is 0.929. The Bertz CT molecular complexity index is 460. The summed E-state index contributed by atoms with van der Waals surface area (Å²) in [5, 5.41) is 7.83. The molecule has 1 aromatic heterocycles. The van der Waals surface area contributed by atoms with E-state index in [4.69, 9.17) is 4.74 Å². The van der Waals surface area contributed by atoms with Crippen LogP contribution in [0.3, 0.4) is 0 Å². The highest BCUT2D eigenvalue weighted by atomic mass is 16.5. The van der Waals surface area contributed by atoms with Crippen LogP contribution in [0.2, 0.25) is 0 Å². The predicted octanol–water partition coefficient (Wildman–Crippen LogP) is 2.08. The van der Waals surface area contributed by atoms with E-state index in [0.717, 1.165) is 17.9 Å². The summed E-state index contributed by atoms with van der Waals surface area (Å²) in [7, 11) is 0. The van der Waals surface area contributed by atoms with Gasteiger partial charge in [-0.05, 0) is 18.8 Å². The zero-order valence-corrected chi connectivity index (χ0v) is 12.2. The first-order chi connectivity index (χ1) is 8.89. The Morgan fingerprint density at radius 1 is 1.58 bits per heavy atom. The molecule has 1 atom stereocenters. The van der Waals surface area contributed by atoms with Crippen LogP contribution in [0, 0.1) is 11.3 Å². The van der Waals surface area contributed by atoms with E-state index in [1.807, 2.05) is 11.6 Å². The van der Waals surface area contributed by atoms with Crippen molar-refractivity contribution in [2.75, 3.05) is 18.5 Å². The van der Waals surface area contributed by atoms with E-state index in [9.17, 15) is 4.79 Å². The standard InChI is InChI=1S/C14H23N3O2/c1-5-19-13(18)10-8-15-12-6-11(7-14(2,3)4)16-17(12)9-10/h6,10,15H,5,7-9H2,1-4H3. The van der Waals surface area contributed by atoms with Gasteiger partial charge in [0.05, 0.1) is 24.8 Å². The van der Waals surface area contributed by atoms with Crippen LogP contribution in [0.4, 0.5) is 5.82 Å². The minimum Gasteiger partial charge on any atom is -0.466 e. The smallest absolute Gasteiger partial charge is 0.312 e. The summed E-state index contributed by atoms with van der Waals surface area (Å²) >= 11 is 0. The second-order valence-electron chi connectivity index (χ2n) is 6.27. The first-order valence-corrected chi connectivity index (χ1v) is 6.86. The number of fused-ring (bicyclic) bond motifs is 1. The van der Waals surface area contributed by atoms with Gasteiger partial charge in [-0.1, -0.05) is 20.8 Å². The number of aromatic nitrogens is 2. The molecule has 0 saturated carbocycles. The SMILES string of the molecule is CCOC(=O)C1CNc2cc(CC(C)(C)C)nn2C1. The van der Waals surface area contributed by atoms with Crippen LogP contribution in [0.25, 0.3) is 0 Å². The quantitative estimate of drug-likeness (QED) is 0.850. The number of carbonyl (C=O) groups is 1. The van der Waals surface area contributed by atoms with Crippen molar-refractivity contribution in [2.24, 2.45) is 11.3 Å². The molecule has 0 saturated heterocycles. The van der Waals surface area contributed by atoms with Crippen LogP contribution in [-0.4, -0.2) is 28.9 Å². The lowest BCUT2D eigenvalue weighted by Gasteiger charge is -2.23. The third-order valence-electron chi connectivity index (χ3n) is 3.08. The summed E-state index contributed by atoms with van der Waals surface area (Å²) in [5.41, 5.74) is 1.28. The van der Waals surface area contributed by atoms with Gasteiger partial charge in [-0.25, -0.2) is 4.68 Å². The molecule has 1 aliphatic heterocycles. The highest BCUT2D eigenvalue weighted by molar-refractivity contribution is 5.73. The number of anilines is 1. The van der Waals surface area contributed by atoms with Gasteiger partial charge in [0, 0.05) is 12.6 Å². The maximum atomic E-state index is 11.7. The maximum Gasteiger partial charge on any atom is 0.312 e. The van der Waals surface area contributed by atoms with Crippen molar-refractivity contribution in [3.63, 3.8) is 0 Å². The van der Waals surface area contributed by atoms with E-state index in [1.165, 1.54) is 0 Å². The number of hydrogen-bond acceptors (Lipinski definition) is 4. The van der Waals surface area contributed by atoms with Crippen LogP contribution in [0.5, 0.6) is 0 Å². The molecule has 2 heterocycles. The van der Waals surface area contributed by atoms with E-state index in [2.05, 4.69) is 37.3 Å². The molecule has 5 heteroatoms. The molecule has 0 fully saturated rings. The topological polar surface area (TPSA) is 56.1 Å². The number of ether oxygens (including phenoxy) is 1. The summed E-state index contributed by atoms with van der Waals surface area (Å²) < 4.78 is 6.94. The molecule has 1 unspecified atom stereocenters. The van der Waals surface area contributed by atoms with Crippen LogP contribution in [-0.2, 0) is 22.5 Å². The number of rotatable bonds is 3. The maximum absolute atomic E-state index is 11.7. The van der Waals surface area contributed by atoms with Gasteiger partial charge in [-0.3, -0.25) is 4.79 Å². The van der Waals surface area contributed by atoms with Crippen LogP contribution >= 0.6 is 0 Å². The van der Waals surface area contributed by atoms with Crippen molar-refractivity contribution >= 4 is 11.8 Å². The molecule has 0 bridgehead atoms. The molecule has 5 nitrogen and oxygen atoms in total. The Balaban J connectivity index is 2.07. The molecule has 1 N–H and O–H groups in total. The molecule has 0 aromatic carbocycles. The molecule has 1 aromatic rings. The molecule has 0 spiro atoms. The van der Waals surface area contributed by atoms with Gasteiger partial charge in [0.15, 0.2) is 0 Å². The number of nitrogens with zero attached hydrogens (tertiary/aromatic N) is 2. The second-order valence-corrected chi connectivity index (χ2v) is 6.27. The predicted molar refractivity (Wildman–Crippen MR) is 74.0 cm³/mol.